The normalized spacial score (nSPS) is 16.5. The van der Waals surface area contributed by atoms with Crippen LogP contribution in [0.1, 0.15) is 22.7 Å². The number of anilines is 1. The van der Waals surface area contributed by atoms with Gasteiger partial charge < -0.3 is 29.0 Å². The Morgan fingerprint density at radius 1 is 0.872 bits per heavy atom. The average molecular weight is 530 g/mol. The number of nitrogens with one attached hydrogen (secondary N) is 1. The van der Waals surface area contributed by atoms with Gasteiger partial charge in [-0.25, -0.2) is 4.98 Å². The lowest BCUT2D eigenvalue weighted by molar-refractivity contribution is -0.132. The smallest absolute Gasteiger partial charge is 0.302 e. The SMILES string of the molecule is COc1cc2nc(N3C(=O)C(=O)/C(=C(/O)c4c(OC)cccc4OC)C3c3cccc(C)c3)[nH]c2cc1OC. The number of Topliss-reactive ketones (excluding diaryl/α,β-unsaturated/α-hetero) is 1. The van der Waals surface area contributed by atoms with Crippen LogP contribution in [0.5, 0.6) is 23.0 Å². The summed E-state index contributed by atoms with van der Waals surface area (Å²) in [5.41, 5.74) is 2.63. The highest BCUT2D eigenvalue weighted by molar-refractivity contribution is 6.51. The number of ketones is 1. The van der Waals surface area contributed by atoms with Crippen LogP contribution in [0.25, 0.3) is 16.8 Å². The predicted molar refractivity (Wildman–Crippen MR) is 145 cm³/mol. The first-order chi connectivity index (χ1) is 18.8. The number of hydrogen-bond donors (Lipinski definition) is 2. The van der Waals surface area contributed by atoms with Crippen LogP contribution in [0, 0.1) is 6.92 Å². The van der Waals surface area contributed by atoms with Crippen LogP contribution in [-0.4, -0.2) is 55.2 Å². The van der Waals surface area contributed by atoms with Gasteiger partial charge >= 0.3 is 5.91 Å². The van der Waals surface area contributed by atoms with Crippen LogP contribution in [0.4, 0.5) is 5.95 Å². The molecule has 0 saturated carbocycles. The van der Waals surface area contributed by atoms with Gasteiger partial charge in [-0.2, -0.15) is 0 Å². The Labute approximate surface area is 224 Å². The fraction of sp³-hybridized carbons (Fsp3) is 0.207. The first-order valence-electron chi connectivity index (χ1n) is 12.0. The molecule has 1 aliphatic rings. The number of fused-ring (bicyclic) bond motifs is 1. The first-order valence-corrected chi connectivity index (χ1v) is 12.0. The summed E-state index contributed by atoms with van der Waals surface area (Å²) in [4.78, 5) is 36.2. The molecule has 5 rings (SSSR count). The van der Waals surface area contributed by atoms with Crippen LogP contribution in [0.3, 0.4) is 0 Å². The number of amides is 1. The topological polar surface area (TPSA) is 123 Å². The predicted octanol–water partition coefficient (Wildman–Crippen LogP) is 4.53. The van der Waals surface area contributed by atoms with E-state index in [1.165, 1.54) is 33.3 Å². The molecule has 10 heteroatoms. The number of aliphatic hydroxyl groups excluding tert-OH is 1. The Morgan fingerprint density at radius 3 is 2.10 bits per heavy atom. The molecule has 1 aromatic heterocycles. The Bertz CT molecular complexity index is 1580. The van der Waals surface area contributed by atoms with Gasteiger partial charge in [0.1, 0.15) is 22.8 Å². The van der Waals surface area contributed by atoms with E-state index in [1.54, 1.807) is 36.4 Å². The number of ether oxygens (including phenoxy) is 4. The molecule has 0 bridgehead atoms. The number of aryl methyl sites for hydroxylation is 1. The fourth-order valence-corrected chi connectivity index (χ4v) is 4.86. The Morgan fingerprint density at radius 2 is 1.49 bits per heavy atom. The third-order valence-electron chi connectivity index (χ3n) is 6.67. The number of aromatic amines is 1. The maximum Gasteiger partial charge on any atom is 0.302 e. The summed E-state index contributed by atoms with van der Waals surface area (Å²) in [6.45, 7) is 1.90. The van der Waals surface area contributed by atoms with E-state index < -0.39 is 23.5 Å². The highest BCUT2D eigenvalue weighted by Crippen LogP contribution is 2.45. The van der Waals surface area contributed by atoms with Crippen molar-refractivity contribution >= 4 is 34.4 Å². The zero-order valence-corrected chi connectivity index (χ0v) is 22.1. The minimum atomic E-state index is -0.996. The molecule has 39 heavy (non-hydrogen) atoms. The van der Waals surface area contributed by atoms with E-state index >= 15 is 0 Å². The monoisotopic (exact) mass is 529 g/mol. The maximum atomic E-state index is 13.6. The highest BCUT2D eigenvalue weighted by Gasteiger charge is 2.48. The summed E-state index contributed by atoms with van der Waals surface area (Å²) in [6, 6.07) is 14.7. The lowest BCUT2D eigenvalue weighted by Crippen LogP contribution is -2.30. The van der Waals surface area contributed by atoms with Crippen molar-refractivity contribution in [3.05, 3.63) is 76.9 Å². The van der Waals surface area contributed by atoms with Crippen molar-refractivity contribution in [3.63, 3.8) is 0 Å². The van der Waals surface area contributed by atoms with Gasteiger partial charge in [-0.15, -0.1) is 0 Å². The van der Waals surface area contributed by atoms with Crippen molar-refractivity contribution in [1.82, 2.24) is 9.97 Å². The summed E-state index contributed by atoms with van der Waals surface area (Å²) in [5.74, 6) is -0.522. The van der Waals surface area contributed by atoms with Crippen LogP contribution in [0.15, 0.2) is 60.2 Å². The van der Waals surface area contributed by atoms with Gasteiger partial charge in [0.05, 0.1) is 51.1 Å². The molecule has 4 aromatic rings. The molecule has 200 valence electrons. The zero-order valence-electron chi connectivity index (χ0n) is 22.1. The second kappa shape index (κ2) is 10.1. The summed E-state index contributed by atoms with van der Waals surface area (Å²) in [5, 5.41) is 11.6. The van der Waals surface area contributed by atoms with E-state index in [4.69, 9.17) is 18.9 Å². The van der Waals surface area contributed by atoms with Gasteiger partial charge in [-0.05, 0) is 24.6 Å². The Hall–Kier alpha value is -4.99. The molecule has 1 atom stereocenters. The average Bonchev–Trinajstić information content (AvgIpc) is 3.48. The molecule has 2 N–H and O–H groups in total. The number of benzene rings is 3. The second-order valence-electron chi connectivity index (χ2n) is 8.91. The number of aromatic nitrogens is 2. The Kier molecular flexibility index (Phi) is 6.61. The molecule has 1 saturated heterocycles. The second-order valence-corrected chi connectivity index (χ2v) is 8.91. The van der Waals surface area contributed by atoms with Crippen LogP contribution in [0.2, 0.25) is 0 Å². The quantitative estimate of drug-likeness (QED) is 0.203. The lowest BCUT2D eigenvalue weighted by Gasteiger charge is -2.23. The minimum Gasteiger partial charge on any atom is -0.506 e. The molecule has 1 unspecified atom stereocenters. The molecular weight excluding hydrogens is 502 g/mol. The van der Waals surface area contributed by atoms with Crippen molar-refractivity contribution in [2.75, 3.05) is 33.3 Å². The number of carbonyl (C=O) groups is 2. The summed E-state index contributed by atoms with van der Waals surface area (Å²) < 4.78 is 21.7. The van der Waals surface area contributed by atoms with Crippen molar-refractivity contribution in [2.24, 2.45) is 0 Å². The summed E-state index contributed by atoms with van der Waals surface area (Å²) in [7, 11) is 5.92. The van der Waals surface area contributed by atoms with E-state index in [-0.39, 0.29) is 28.6 Å². The Balaban J connectivity index is 1.77. The minimum absolute atomic E-state index is 0.121. The summed E-state index contributed by atoms with van der Waals surface area (Å²) >= 11 is 0. The number of imidazole rings is 1. The molecular formula is C29H27N3O7. The molecule has 0 aliphatic carbocycles. The number of methoxy groups -OCH3 is 4. The van der Waals surface area contributed by atoms with E-state index in [0.717, 1.165) is 5.56 Å². The number of carbonyl (C=O) groups excluding carboxylic acids is 2. The third kappa shape index (κ3) is 4.19. The maximum absolute atomic E-state index is 13.6. The van der Waals surface area contributed by atoms with Crippen molar-refractivity contribution < 1.29 is 33.6 Å². The standard InChI is InChI=1S/C29H27N3O7/c1-15-8-6-9-16(12-15)25-24(26(33)23-19(36-2)10-7-11-20(23)37-3)27(34)28(35)32(25)29-30-17-13-21(38-4)22(39-5)14-18(17)31-29/h6-14,25,33H,1-5H3,(H,30,31)/b26-24+. The fourth-order valence-electron chi connectivity index (χ4n) is 4.86. The molecule has 1 fully saturated rings. The zero-order chi connectivity index (χ0) is 27.8. The van der Waals surface area contributed by atoms with Crippen molar-refractivity contribution in [3.8, 4) is 23.0 Å². The van der Waals surface area contributed by atoms with Gasteiger partial charge in [-0.1, -0.05) is 35.9 Å². The van der Waals surface area contributed by atoms with E-state index in [1.807, 2.05) is 25.1 Å². The van der Waals surface area contributed by atoms with Crippen molar-refractivity contribution in [1.29, 1.82) is 0 Å². The molecule has 0 spiro atoms. The van der Waals surface area contributed by atoms with Crippen LogP contribution < -0.4 is 23.8 Å². The molecule has 10 nitrogen and oxygen atoms in total. The van der Waals surface area contributed by atoms with Gasteiger partial charge in [0.25, 0.3) is 5.78 Å². The van der Waals surface area contributed by atoms with Crippen molar-refractivity contribution in [2.45, 2.75) is 13.0 Å². The van der Waals surface area contributed by atoms with Gasteiger partial charge in [0, 0.05) is 12.1 Å². The third-order valence-corrected chi connectivity index (χ3v) is 6.67. The number of nitrogens with zero attached hydrogens (tertiary/aromatic N) is 2. The van der Waals surface area contributed by atoms with E-state index in [2.05, 4.69) is 9.97 Å². The lowest BCUT2D eigenvalue weighted by atomic mass is 9.94. The molecule has 0 radical (unpaired) electrons. The highest BCUT2D eigenvalue weighted by atomic mass is 16.5. The van der Waals surface area contributed by atoms with Gasteiger partial charge in [0.15, 0.2) is 11.5 Å². The molecule has 1 aliphatic heterocycles. The number of hydrogen-bond acceptors (Lipinski definition) is 8. The number of rotatable bonds is 7. The van der Waals surface area contributed by atoms with E-state index in [0.29, 0.717) is 28.1 Å². The first kappa shape index (κ1) is 25.7. The molecule has 1 amide bonds. The molecule has 2 heterocycles. The number of aliphatic hydroxyl groups is 1. The van der Waals surface area contributed by atoms with Crippen LogP contribution >= 0.6 is 0 Å². The largest absolute Gasteiger partial charge is 0.506 e. The summed E-state index contributed by atoms with van der Waals surface area (Å²) in [6.07, 6.45) is 0. The van der Waals surface area contributed by atoms with Gasteiger partial charge in [0.2, 0.25) is 5.95 Å². The van der Waals surface area contributed by atoms with E-state index in [9.17, 15) is 14.7 Å². The number of H-pyrrole nitrogens is 1. The van der Waals surface area contributed by atoms with Crippen LogP contribution in [-0.2, 0) is 9.59 Å². The van der Waals surface area contributed by atoms with Gasteiger partial charge in [-0.3, -0.25) is 14.5 Å². The molecule has 3 aromatic carbocycles.